The van der Waals surface area contributed by atoms with Gasteiger partial charge in [-0.1, -0.05) is 12.1 Å². The minimum atomic E-state index is -0.650. The minimum Gasteiger partial charge on any atom is -0.392 e. The zero-order valence-electron chi connectivity index (χ0n) is 8.93. The molecule has 0 saturated heterocycles. The molecule has 0 aromatic heterocycles. The highest BCUT2D eigenvalue weighted by Crippen LogP contribution is 2.07. The fourth-order valence-corrected chi connectivity index (χ4v) is 1.23. The molecule has 2 amide bonds. The number of nitrogens with one attached hydrogen (secondary N) is 1. The van der Waals surface area contributed by atoms with Gasteiger partial charge in [0.05, 0.1) is 17.2 Å². The Morgan fingerprint density at radius 1 is 1.38 bits per heavy atom. The summed E-state index contributed by atoms with van der Waals surface area (Å²) in [5.41, 5.74) is 5.53. The van der Waals surface area contributed by atoms with Crippen LogP contribution in [0.5, 0.6) is 0 Å². The third-order valence-electron chi connectivity index (χ3n) is 2.00. The van der Waals surface area contributed by atoms with Gasteiger partial charge in [-0.15, -0.1) is 0 Å². The summed E-state index contributed by atoms with van der Waals surface area (Å²) in [7, 11) is 0. The normalized spacial score (nSPS) is 11.9. The number of carbonyl (C=O) groups excluding carboxylic acids is 2. The standard InChI is InChI=1S/C11H14N2O3/c1-7(14)6-13-11(16)9-5-3-2-4-8(9)10(12)15/h2-5,7,14H,6H2,1H3,(H2,12,15)(H,13,16). The van der Waals surface area contributed by atoms with Gasteiger partial charge in [0, 0.05) is 6.54 Å². The lowest BCUT2D eigenvalue weighted by Gasteiger charge is -2.09. The Hall–Kier alpha value is -1.88. The van der Waals surface area contributed by atoms with Crippen molar-refractivity contribution in [1.82, 2.24) is 5.32 Å². The molecule has 1 unspecified atom stereocenters. The number of carbonyl (C=O) groups is 2. The van der Waals surface area contributed by atoms with E-state index in [0.29, 0.717) is 0 Å². The van der Waals surface area contributed by atoms with E-state index in [1.165, 1.54) is 12.1 Å². The number of benzene rings is 1. The molecule has 1 aromatic rings. The average Bonchev–Trinajstić information content (AvgIpc) is 2.25. The third kappa shape index (κ3) is 3.06. The summed E-state index contributed by atoms with van der Waals surface area (Å²) in [5.74, 6) is -1.07. The fourth-order valence-electron chi connectivity index (χ4n) is 1.23. The van der Waals surface area contributed by atoms with Crippen molar-refractivity contribution in [1.29, 1.82) is 0 Å². The molecule has 16 heavy (non-hydrogen) atoms. The van der Waals surface area contributed by atoms with Crippen LogP contribution in [-0.2, 0) is 0 Å². The Labute approximate surface area is 93.3 Å². The summed E-state index contributed by atoms with van der Waals surface area (Å²) < 4.78 is 0. The van der Waals surface area contributed by atoms with Crippen LogP contribution in [-0.4, -0.2) is 29.6 Å². The fraction of sp³-hybridized carbons (Fsp3) is 0.273. The van der Waals surface area contributed by atoms with Crippen molar-refractivity contribution in [3.05, 3.63) is 35.4 Å². The van der Waals surface area contributed by atoms with E-state index in [2.05, 4.69) is 5.32 Å². The first-order valence-corrected chi connectivity index (χ1v) is 4.87. The molecular formula is C11H14N2O3. The molecule has 0 aliphatic heterocycles. The summed E-state index contributed by atoms with van der Waals surface area (Å²) in [5, 5.41) is 11.5. The summed E-state index contributed by atoms with van der Waals surface area (Å²) >= 11 is 0. The SMILES string of the molecule is CC(O)CNC(=O)c1ccccc1C(N)=O. The van der Waals surface area contributed by atoms with Gasteiger partial charge in [0.1, 0.15) is 0 Å². The average molecular weight is 222 g/mol. The van der Waals surface area contributed by atoms with Gasteiger partial charge < -0.3 is 16.2 Å². The highest BCUT2D eigenvalue weighted by atomic mass is 16.3. The van der Waals surface area contributed by atoms with Crippen molar-refractivity contribution in [2.45, 2.75) is 13.0 Å². The maximum atomic E-state index is 11.6. The van der Waals surface area contributed by atoms with Crippen molar-refractivity contribution in [3.8, 4) is 0 Å². The number of hydrogen-bond acceptors (Lipinski definition) is 3. The van der Waals surface area contributed by atoms with Crippen molar-refractivity contribution in [2.24, 2.45) is 5.73 Å². The van der Waals surface area contributed by atoms with Crippen molar-refractivity contribution >= 4 is 11.8 Å². The zero-order valence-corrected chi connectivity index (χ0v) is 8.93. The van der Waals surface area contributed by atoms with Gasteiger partial charge in [0.15, 0.2) is 0 Å². The second-order valence-corrected chi connectivity index (χ2v) is 3.47. The molecule has 1 aromatic carbocycles. The smallest absolute Gasteiger partial charge is 0.252 e. The molecule has 0 heterocycles. The highest BCUT2D eigenvalue weighted by molar-refractivity contribution is 6.06. The van der Waals surface area contributed by atoms with Crippen molar-refractivity contribution < 1.29 is 14.7 Å². The lowest BCUT2D eigenvalue weighted by atomic mass is 10.1. The Kier molecular flexibility index (Phi) is 4.02. The zero-order chi connectivity index (χ0) is 12.1. The molecule has 86 valence electrons. The second-order valence-electron chi connectivity index (χ2n) is 3.47. The van der Waals surface area contributed by atoms with E-state index in [4.69, 9.17) is 10.8 Å². The summed E-state index contributed by atoms with van der Waals surface area (Å²) in [4.78, 5) is 22.7. The largest absolute Gasteiger partial charge is 0.392 e. The maximum Gasteiger partial charge on any atom is 0.252 e. The molecule has 5 nitrogen and oxygen atoms in total. The van der Waals surface area contributed by atoms with Crippen LogP contribution in [0.4, 0.5) is 0 Å². The van der Waals surface area contributed by atoms with E-state index < -0.39 is 17.9 Å². The van der Waals surface area contributed by atoms with Crippen LogP contribution in [0.3, 0.4) is 0 Å². The van der Waals surface area contributed by atoms with E-state index in [9.17, 15) is 9.59 Å². The van der Waals surface area contributed by atoms with Crippen LogP contribution in [0.1, 0.15) is 27.6 Å². The van der Waals surface area contributed by atoms with Crippen molar-refractivity contribution in [2.75, 3.05) is 6.54 Å². The van der Waals surface area contributed by atoms with E-state index in [1.807, 2.05) is 0 Å². The molecule has 1 atom stereocenters. The molecule has 0 aliphatic carbocycles. The quantitative estimate of drug-likeness (QED) is 0.664. The van der Waals surface area contributed by atoms with Gasteiger partial charge in [-0.05, 0) is 19.1 Å². The molecule has 0 fully saturated rings. The summed E-state index contributed by atoms with van der Waals surface area (Å²) in [6.07, 6.45) is -0.635. The molecule has 0 spiro atoms. The van der Waals surface area contributed by atoms with Crippen LogP contribution in [0.15, 0.2) is 24.3 Å². The van der Waals surface area contributed by atoms with E-state index in [1.54, 1.807) is 19.1 Å². The van der Waals surface area contributed by atoms with Gasteiger partial charge in [-0.2, -0.15) is 0 Å². The molecule has 0 radical (unpaired) electrons. The Balaban J connectivity index is 2.86. The number of amides is 2. The molecule has 0 aliphatic rings. The van der Waals surface area contributed by atoms with Gasteiger partial charge in [0.25, 0.3) is 5.91 Å². The first-order valence-electron chi connectivity index (χ1n) is 4.87. The van der Waals surface area contributed by atoms with Gasteiger partial charge in [-0.25, -0.2) is 0 Å². The van der Waals surface area contributed by atoms with E-state index >= 15 is 0 Å². The van der Waals surface area contributed by atoms with E-state index in [-0.39, 0.29) is 17.7 Å². The minimum absolute atomic E-state index is 0.131. The van der Waals surface area contributed by atoms with Crippen molar-refractivity contribution in [3.63, 3.8) is 0 Å². The van der Waals surface area contributed by atoms with Gasteiger partial charge >= 0.3 is 0 Å². The summed E-state index contributed by atoms with van der Waals surface area (Å²) in [6.45, 7) is 1.69. The monoisotopic (exact) mass is 222 g/mol. The van der Waals surface area contributed by atoms with Gasteiger partial charge in [-0.3, -0.25) is 9.59 Å². The van der Waals surface area contributed by atoms with Crippen LogP contribution >= 0.6 is 0 Å². The Bertz CT molecular complexity index is 402. The molecular weight excluding hydrogens is 208 g/mol. The number of primary amides is 1. The number of hydrogen-bond donors (Lipinski definition) is 3. The molecule has 0 bridgehead atoms. The maximum absolute atomic E-state index is 11.6. The van der Waals surface area contributed by atoms with Crippen LogP contribution in [0, 0.1) is 0 Å². The first kappa shape index (κ1) is 12.2. The number of rotatable bonds is 4. The topological polar surface area (TPSA) is 92.4 Å². The highest BCUT2D eigenvalue weighted by Gasteiger charge is 2.14. The molecule has 4 N–H and O–H groups in total. The lowest BCUT2D eigenvalue weighted by Crippen LogP contribution is -2.32. The van der Waals surface area contributed by atoms with Crippen LogP contribution < -0.4 is 11.1 Å². The predicted molar refractivity (Wildman–Crippen MR) is 59.0 cm³/mol. The third-order valence-corrected chi connectivity index (χ3v) is 2.00. The second kappa shape index (κ2) is 5.27. The van der Waals surface area contributed by atoms with E-state index in [0.717, 1.165) is 0 Å². The first-order chi connectivity index (χ1) is 7.52. The summed E-state index contributed by atoms with van der Waals surface area (Å²) in [6, 6.07) is 6.27. The van der Waals surface area contributed by atoms with Crippen LogP contribution in [0.2, 0.25) is 0 Å². The number of aliphatic hydroxyl groups is 1. The van der Waals surface area contributed by atoms with Gasteiger partial charge in [0.2, 0.25) is 5.91 Å². The molecule has 0 saturated carbocycles. The molecule has 1 rings (SSSR count). The lowest BCUT2D eigenvalue weighted by molar-refractivity contribution is 0.0912. The molecule has 5 heteroatoms. The Morgan fingerprint density at radius 2 is 1.94 bits per heavy atom. The van der Waals surface area contributed by atoms with Crippen LogP contribution in [0.25, 0.3) is 0 Å². The Morgan fingerprint density at radius 3 is 2.44 bits per heavy atom. The predicted octanol–water partition coefficient (Wildman–Crippen LogP) is -0.104. The number of nitrogens with two attached hydrogens (primary N) is 1. The number of aliphatic hydroxyl groups excluding tert-OH is 1.